The first kappa shape index (κ1) is 24.3. The summed E-state index contributed by atoms with van der Waals surface area (Å²) in [6.45, 7) is 2.40. The number of hydrogen-bond acceptors (Lipinski definition) is 6. The van der Waals surface area contributed by atoms with Gasteiger partial charge < -0.3 is 15.5 Å². The third-order valence-electron chi connectivity index (χ3n) is 5.56. The van der Waals surface area contributed by atoms with Gasteiger partial charge >= 0.3 is 0 Å². The Morgan fingerprint density at radius 1 is 1.03 bits per heavy atom. The van der Waals surface area contributed by atoms with E-state index in [1.54, 1.807) is 36.0 Å². The zero-order valence-electron chi connectivity index (χ0n) is 18.9. The van der Waals surface area contributed by atoms with Gasteiger partial charge in [0.05, 0.1) is 0 Å². The third-order valence-corrected chi connectivity index (χ3v) is 7.78. The summed E-state index contributed by atoms with van der Waals surface area (Å²) in [6, 6.07) is 16.8. The minimum atomic E-state index is -0.476. The number of anilines is 1. The van der Waals surface area contributed by atoms with E-state index >= 15 is 0 Å². The Hall–Kier alpha value is -2.78. The molecule has 3 amide bonds. The number of carbonyl (C=O) groups is 3. The topological polar surface area (TPSA) is 90.9 Å². The van der Waals surface area contributed by atoms with E-state index in [-0.39, 0.29) is 24.1 Å². The van der Waals surface area contributed by atoms with Gasteiger partial charge in [0.15, 0.2) is 5.17 Å². The molecule has 34 heavy (non-hydrogen) atoms. The van der Waals surface area contributed by atoms with Crippen LogP contribution in [0.3, 0.4) is 0 Å². The van der Waals surface area contributed by atoms with Gasteiger partial charge in [-0.3, -0.25) is 14.4 Å². The van der Waals surface area contributed by atoms with Gasteiger partial charge in [0.2, 0.25) is 5.91 Å². The molecule has 2 aliphatic heterocycles. The van der Waals surface area contributed by atoms with E-state index < -0.39 is 5.25 Å². The van der Waals surface area contributed by atoms with Crippen molar-refractivity contribution in [1.29, 1.82) is 0 Å². The highest BCUT2D eigenvalue weighted by atomic mass is 32.2. The number of nitrogens with one attached hydrogen (secondary N) is 2. The van der Waals surface area contributed by atoms with Crippen LogP contribution in [0.25, 0.3) is 0 Å². The Kier molecular flexibility index (Phi) is 8.65. The van der Waals surface area contributed by atoms with Gasteiger partial charge in [0.1, 0.15) is 5.25 Å². The Balaban J connectivity index is 1.19. The smallest absolute Gasteiger partial charge is 0.262 e. The average molecular weight is 497 g/mol. The number of amidine groups is 1. The standard InChI is InChI=1S/C25H28N4O3S2/c30-22(17-21-24(32)28-25(34-21)29-14-5-2-6-15-29)27-19-11-9-18(10-12-19)23(31)26-13-16-33-20-7-3-1-4-8-20/h1,3-4,7-12,21H,2,5-6,13-17H2,(H,26,31)(H,27,30)/t21-/m1/s1. The Morgan fingerprint density at radius 2 is 1.76 bits per heavy atom. The zero-order valence-corrected chi connectivity index (χ0v) is 20.5. The molecule has 2 heterocycles. The number of aliphatic imine (C=N–C) groups is 1. The minimum absolute atomic E-state index is 0.0751. The lowest BCUT2D eigenvalue weighted by atomic mass is 10.1. The fraction of sp³-hybridized carbons (Fsp3) is 0.360. The van der Waals surface area contributed by atoms with Crippen molar-refractivity contribution in [3.63, 3.8) is 0 Å². The minimum Gasteiger partial charge on any atom is -0.351 e. The van der Waals surface area contributed by atoms with E-state index in [1.807, 2.05) is 30.3 Å². The summed E-state index contributed by atoms with van der Waals surface area (Å²) < 4.78 is 0. The molecule has 0 radical (unpaired) electrons. The second-order valence-electron chi connectivity index (χ2n) is 8.13. The van der Waals surface area contributed by atoms with Gasteiger partial charge in [-0.25, -0.2) is 0 Å². The van der Waals surface area contributed by atoms with Gasteiger partial charge in [-0.05, 0) is 55.7 Å². The first-order valence-electron chi connectivity index (χ1n) is 11.5. The van der Waals surface area contributed by atoms with Crippen molar-refractivity contribution in [3.8, 4) is 0 Å². The fourth-order valence-corrected chi connectivity index (χ4v) is 5.67. The van der Waals surface area contributed by atoms with Crippen LogP contribution < -0.4 is 10.6 Å². The molecule has 2 N–H and O–H groups in total. The molecule has 2 aliphatic rings. The maximum atomic E-state index is 12.5. The average Bonchev–Trinajstić information content (AvgIpc) is 3.23. The van der Waals surface area contributed by atoms with Crippen molar-refractivity contribution in [1.82, 2.24) is 10.2 Å². The van der Waals surface area contributed by atoms with Crippen LogP contribution >= 0.6 is 23.5 Å². The van der Waals surface area contributed by atoms with Crippen LogP contribution in [-0.4, -0.2) is 58.4 Å². The molecule has 1 saturated heterocycles. The quantitative estimate of drug-likeness (QED) is 0.424. The second-order valence-corrected chi connectivity index (χ2v) is 10.5. The molecule has 0 bridgehead atoms. The number of rotatable bonds is 8. The predicted octanol–water partition coefficient (Wildman–Crippen LogP) is 4.02. The van der Waals surface area contributed by atoms with Crippen molar-refractivity contribution in [2.75, 3.05) is 30.7 Å². The van der Waals surface area contributed by atoms with Gasteiger partial charge in [0, 0.05) is 48.0 Å². The Bertz CT molecular complexity index is 1040. The van der Waals surface area contributed by atoms with Gasteiger partial charge in [-0.1, -0.05) is 30.0 Å². The van der Waals surface area contributed by atoms with Gasteiger partial charge in [0.25, 0.3) is 11.8 Å². The normalized spacial score (nSPS) is 17.9. The molecule has 1 atom stereocenters. The fourth-order valence-electron chi connectivity index (χ4n) is 3.77. The molecule has 0 spiro atoms. The summed E-state index contributed by atoms with van der Waals surface area (Å²) in [5.41, 5.74) is 1.12. The summed E-state index contributed by atoms with van der Waals surface area (Å²) in [4.78, 5) is 44.6. The molecule has 2 aromatic carbocycles. The molecular formula is C25H28N4O3S2. The SMILES string of the molecule is O=C(C[C@H]1SC(N2CCCCC2)=NC1=O)Nc1ccc(C(=O)NCCSc2ccccc2)cc1. The lowest BCUT2D eigenvalue weighted by Crippen LogP contribution is -2.33. The van der Waals surface area contributed by atoms with Crippen molar-refractivity contribution < 1.29 is 14.4 Å². The summed E-state index contributed by atoms with van der Waals surface area (Å²) in [7, 11) is 0. The molecule has 0 aliphatic carbocycles. The Morgan fingerprint density at radius 3 is 2.50 bits per heavy atom. The van der Waals surface area contributed by atoms with E-state index in [1.165, 1.54) is 23.1 Å². The van der Waals surface area contributed by atoms with Crippen molar-refractivity contribution >= 4 is 52.1 Å². The van der Waals surface area contributed by atoms with Crippen molar-refractivity contribution in [3.05, 3.63) is 60.2 Å². The predicted molar refractivity (Wildman–Crippen MR) is 138 cm³/mol. The maximum absolute atomic E-state index is 12.5. The monoisotopic (exact) mass is 496 g/mol. The molecule has 4 rings (SSSR count). The number of thioether (sulfide) groups is 2. The maximum Gasteiger partial charge on any atom is 0.262 e. The number of carbonyl (C=O) groups excluding carboxylic acids is 3. The lowest BCUT2D eigenvalue weighted by Gasteiger charge is -2.27. The molecule has 1 fully saturated rings. The van der Waals surface area contributed by atoms with Gasteiger partial charge in [-0.2, -0.15) is 4.99 Å². The molecule has 2 aromatic rings. The largest absolute Gasteiger partial charge is 0.351 e. The number of piperidine rings is 1. The van der Waals surface area contributed by atoms with E-state index in [0.717, 1.165) is 36.9 Å². The number of hydrogen-bond donors (Lipinski definition) is 2. The molecule has 9 heteroatoms. The number of amides is 3. The van der Waals surface area contributed by atoms with Gasteiger partial charge in [-0.15, -0.1) is 11.8 Å². The number of nitrogens with zero attached hydrogens (tertiary/aromatic N) is 2. The van der Waals surface area contributed by atoms with Crippen LogP contribution in [-0.2, 0) is 9.59 Å². The molecule has 0 saturated carbocycles. The van der Waals surface area contributed by atoms with Crippen LogP contribution in [0, 0.1) is 0 Å². The summed E-state index contributed by atoms with van der Waals surface area (Å²) >= 11 is 3.08. The highest BCUT2D eigenvalue weighted by Gasteiger charge is 2.33. The Labute approximate surface area is 208 Å². The van der Waals surface area contributed by atoms with Crippen LogP contribution in [0.1, 0.15) is 36.0 Å². The van der Waals surface area contributed by atoms with Crippen LogP contribution in [0.5, 0.6) is 0 Å². The summed E-state index contributed by atoms with van der Waals surface area (Å²) in [5, 5.41) is 6.00. The molecule has 7 nitrogen and oxygen atoms in total. The van der Waals surface area contributed by atoms with Crippen molar-refractivity contribution in [2.24, 2.45) is 4.99 Å². The number of likely N-dealkylation sites (tertiary alicyclic amines) is 1. The van der Waals surface area contributed by atoms with Crippen molar-refractivity contribution in [2.45, 2.75) is 35.8 Å². The van der Waals surface area contributed by atoms with E-state index in [9.17, 15) is 14.4 Å². The molecule has 0 aromatic heterocycles. The highest BCUT2D eigenvalue weighted by molar-refractivity contribution is 8.15. The zero-order chi connectivity index (χ0) is 23.8. The van der Waals surface area contributed by atoms with Crippen LogP contribution in [0.2, 0.25) is 0 Å². The summed E-state index contributed by atoms with van der Waals surface area (Å²) in [6.07, 6.45) is 3.51. The lowest BCUT2D eigenvalue weighted by molar-refractivity contribution is -0.121. The van der Waals surface area contributed by atoms with E-state index in [2.05, 4.69) is 20.5 Å². The molecule has 0 unspecified atom stereocenters. The first-order chi connectivity index (χ1) is 16.6. The number of benzene rings is 2. The third kappa shape index (κ3) is 6.87. The van der Waals surface area contributed by atoms with Crippen LogP contribution in [0.4, 0.5) is 5.69 Å². The molecular weight excluding hydrogens is 468 g/mol. The second kappa shape index (κ2) is 12.1. The first-order valence-corrected chi connectivity index (χ1v) is 13.3. The van der Waals surface area contributed by atoms with E-state index in [0.29, 0.717) is 17.8 Å². The molecule has 178 valence electrons. The van der Waals surface area contributed by atoms with Crippen LogP contribution in [0.15, 0.2) is 64.5 Å². The van der Waals surface area contributed by atoms with E-state index in [4.69, 9.17) is 0 Å². The summed E-state index contributed by atoms with van der Waals surface area (Å²) in [5.74, 6) is 0.154. The highest BCUT2D eigenvalue weighted by Crippen LogP contribution is 2.29.